The maximum absolute atomic E-state index is 2.50. The molecule has 0 radical (unpaired) electrons. The molecule has 0 saturated heterocycles. The zero-order chi connectivity index (χ0) is 7.95. The molecule has 0 nitrogen and oxygen atoms in total. The molecule has 0 aliphatic heterocycles. The van der Waals surface area contributed by atoms with Crippen LogP contribution in [0.3, 0.4) is 0 Å². The van der Waals surface area contributed by atoms with E-state index in [1.165, 1.54) is 32.1 Å². The molecular weight excluding hydrogens is 132 g/mol. The highest BCUT2D eigenvalue weighted by Crippen LogP contribution is 2.58. The van der Waals surface area contributed by atoms with Gasteiger partial charge < -0.3 is 0 Å². The third-order valence-electron chi connectivity index (χ3n) is 3.97. The molecule has 1 saturated carbocycles. The van der Waals surface area contributed by atoms with Gasteiger partial charge in [-0.2, -0.15) is 0 Å². The quantitative estimate of drug-likeness (QED) is 0.463. The molecule has 0 N–H and O–H groups in total. The highest BCUT2D eigenvalue weighted by Gasteiger charge is 2.47. The Labute approximate surface area is 69.7 Å². The first-order valence-corrected chi connectivity index (χ1v) is 4.84. The van der Waals surface area contributed by atoms with E-state index in [9.17, 15) is 0 Å². The summed E-state index contributed by atoms with van der Waals surface area (Å²) in [5, 5.41) is 0. The molecule has 1 unspecified atom stereocenters. The topological polar surface area (TPSA) is 0 Å². The third kappa shape index (κ3) is 0.881. The van der Waals surface area contributed by atoms with Crippen molar-refractivity contribution >= 4 is 0 Å². The van der Waals surface area contributed by atoms with E-state index >= 15 is 0 Å². The van der Waals surface area contributed by atoms with Crippen LogP contribution in [0.5, 0.6) is 0 Å². The Kier molecular flexibility index (Phi) is 1.42. The van der Waals surface area contributed by atoms with Gasteiger partial charge in [0.25, 0.3) is 0 Å². The van der Waals surface area contributed by atoms with E-state index in [0.717, 1.165) is 0 Å². The molecule has 1 spiro atoms. The monoisotopic (exact) mass is 150 g/mol. The van der Waals surface area contributed by atoms with Crippen LogP contribution >= 0.6 is 0 Å². The van der Waals surface area contributed by atoms with Crippen LogP contribution in [0.2, 0.25) is 0 Å². The van der Waals surface area contributed by atoms with Gasteiger partial charge in [0, 0.05) is 0 Å². The second-order valence-electron chi connectivity index (χ2n) is 4.83. The minimum Gasteiger partial charge on any atom is -0.0879 e. The normalized spacial score (nSPS) is 40.5. The summed E-state index contributed by atoms with van der Waals surface area (Å²) in [6.45, 7) is 4.88. The number of hydrogen-bond donors (Lipinski definition) is 0. The molecule has 0 amide bonds. The van der Waals surface area contributed by atoms with Crippen molar-refractivity contribution in [3.63, 3.8) is 0 Å². The van der Waals surface area contributed by atoms with Crippen LogP contribution in [-0.4, -0.2) is 0 Å². The molecule has 0 aromatic rings. The fraction of sp³-hybridized carbons (Fsp3) is 0.818. The van der Waals surface area contributed by atoms with Crippen molar-refractivity contribution in [2.75, 3.05) is 0 Å². The first-order valence-electron chi connectivity index (χ1n) is 4.84. The zero-order valence-corrected chi connectivity index (χ0v) is 7.69. The lowest BCUT2D eigenvalue weighted by atomic mass is 9.68. The summed E-state index contributed by atoms with van der Waals surface area (Å²) in [7, 11) is 0. The summed E-state index contributed by atoms with van der Waals surface area (Å²) in [6, 6.07) is 0. The van der Waals surface area contributed by atoms with Crippen molar-refractivity contribution in [1.82, 2.24) is 0 Å². The average Bonchev–Trinajstić information content (AvgIpc) is 2.45. The van der Waals surface area contributed by atoms with Gasteiger partial charge in [-0.15, -0.1) is 0 Å². The maximum Gasteiger partial charge on any atom is -0.00642 e. The van der Waals surface area contributed by atoms with Gasteiger partial charge in [0.15, 0.2) is 0 Å². The first-order chi connectivity index (χ1) is 5.16. The lowest BCUT2D eigenvalue weighted by Crippen LogP contribution is -2.28. The Bertz CT molecular complexity index is 188. The summed E-state index contributed by atoms with van der Waals surface area (Å²) in [6.07, 6.45) is 11.9. The largest absolute Gasteiger partial charge is 0.0879 e. The summed E-state index contributed by atoms with van der Waals surface area (Å²) >= 11 is 0. The zero-order valence-electron chi connectivity index (χ0n) is 7.69. The van der Waals surface area contributed by atoms with E-state index in [0.29, 0.717) is 10.8 Å². The summed E-state index contributed by atoms with van der Waals surface area (Å²) in [5.41, 5.74) is 1.19. The van der Waals surface area contributed by atoms with Crippen LogP contribution in [0, 0.1) is 10.8 Å². The van der Waals surface area contributed by atoms with Crippen molar-refractivity contribution in [2.45, 2.75) is 46.0 Å². The highest BCUT2D eigenvalue weighted by molar-refractivity contribution is 5.15. The predicted octanol–water partition coefficient (Wildman–Crippen LogP) is 3.53. The molecule has 2 aliphatic carbocycles. The van der Waals surface area contributed by atoms with E-state index < -0.39 is 0 Å². The van der Waals surface area contributed by atoms with E-state index in [1.807, 2.05) is 0 Å². The molecule has 0 heterocycles. The third-order valence-corrected chi connectivity index (χ3v) is 3.97. The van der Waals surface area contributed by atoms with Crippen LogP contribution in [0.1, 0.15) is 46.0 Å². The molecule has 0 aromatic carbocycles. The smallest absolute Gasteiger partial charge is 0.00642 e. The van der Waals surface area contributed by atoms with Crippen LogP contribution in [0.15, 0.2) is 12.2 Å². The van der Waals surface area contributed by atoms with Crippen LogP contribution < -0.4 is 0 Å². The van der Waals surface area contributed by atoms with E-state index in [1.54, 1.807) is 0 Å². The van der Waals surface area contributed by atoms with Gasteiger partial charge in [-0.1, -0.05) is 32.4 Å². The summed E-state index contributed by atoms with van der Waals surface area (Å²) in [4.78, 5) is 0. The van der Waals surface area contributed by atoms with Crippen LogP contribution in [-0.2, 0) is 0 Å². The van der Waals surface area contributed by atoms with Gasteiger partial charge in [-0.05, 0) is 36.5 Å². The van der Waals surface area contributed by atoms with E-state index in [4.69, 9.17) is 0 Å². The molecular formula is C11H18. The molecule has 0 heteroatoms. The van der Waals surface area contributed by atoms with Crippen LogP contribution in [0.25, 0.3) is 0 Å². The van der Waals surface area contributed by atoms with Gasteiger partial charge in [-0.25, -0.2) is 0 Å². The molecule has 0 bridgehead atoms. The number of hydrogen-bond acceptors (Lipinski definition) is 0. The number of rotatable bonds is 0. The average molecular weight is 150 g/mol. The van der Waals surface area contributed by atoms with Gasteiger partial charge >= 0.3 is 0 Å². The van der Waals surface area contributed by atoms with Gasteiger partial charge in [0.05, 0.1) is 0 Å². The second kappa shape index (κ2) is 2.12. The fourth-order valence-corrected chi connectivity index (χ4v) is 2.94. The molecule has 11 heavy (non-hydrogen) atoms. The molecule has 2 aliphatic rings. The first kappa shape index (κ1) is 7.39. The number of allylic oxidation sites excluding steroid dienone is 2. The Morgan fingerprint density at radius 3 is 2.36 bits per heavy atom. The van der Waals surface area contributed by atoms with Crippen molar-refractivity contribution in [2.24, 2.45) is 10.8 Å². The Morgan fingerprint density at radius 2 is 1.91 bits per heavy atom. The molecule has 62 valence electrons. The van der Waals surface area contributed by atoms with Gasteiger partial charge in [-0.3, -0.25) is 0 Å². The highest BCUT2D eigenvalue weighted by atomic mass is 14.5. The van der Waals surface area contributed by atoms with E-state index in [2.05, 4.69) is 26.0 Å². The fourth-order valence-electron chi connectivity index (χ4n) is 2.94. The predicted molar refractivity (Wildman–Crippen MR) is 48.4 cm³/mol. The van der Waals surface area contributed by atoms with Crippen molar-refractivity contribution in [3.05, 3.63) is 12.2 Å². The molecule has 2 rings (SSSR count). The minimum atomic E-state index is 0.583. The maximum atomic E-state index is 2.50. The van der Waals surface area contributed by atoms with E-state index in [-0.39, 0.29) is 0 Å². The molecule has 1 fully saturated rings. The van der Waals surface area contributed by atoms with Crippen molar-refractivity contribution in [3.8, 4) is 0 Å². The minimum absolute atomic E-state index is 0.583. The Hall–Kier alpha value is -0.260. The molecule has 1 atom stereocenters. The summed E-state index contributed by atoms with van der Waals surface area (Å²) < 4.78 is 0. The summed E-state index contributed by atoms with van der Waals surface area (Å²) in [5.74, 6) is 0. The molecule has 0 aromatic heterocycles. The lowest BCUT2D eigenvalue weighted by Gasteiger charge is -2.36. The van der Waals surface area contributed by atoms with Crippen molar-refractivity contribution in [1.29, 1.82) is 0 Å². The standard InChI is InChI=1S/C11H18/c1-10(2)6-5-9-11(10)7-3-4-8-11/h3,7H,4-6,8-9H2,1-2H3. The lowest BCUT2D eigenvalue weighted by molar-refractivity contribution is 0.167. The van der Waals surface area contributed by atoms with Gasteiger partial charge in [0.1, 0.15) is 0 Å². The van der Waals surface area contributed by atoms with Gasteiger partial charge in [0.2, 0.25) is 0 Å². The van der Waals surface area contributed by atoms with Crippen LogP contribution in [0.4, 0.5) is 0 Å². The second-order valence-corrected chi connectivity index (χ2v) is 4.83. The van der Waals surface area contributed by atoms with Crippen molar-refractivity contribution < 1.29 is 0 Å². The Morgan fingerprint density at radius 1 is 1.09 bits per heavy atom. The SMILES string of the molecule is CC1(C)CCCC12C=CCC2. The Balaban J connectivity index is 2.30.